The van der Waals surface area contributed by atoms with Crippen molar-refractivity contribution < 1.29 is 4.74 Å². The highest BCUT2D eigenvalue weighted by molar-refractivity contribution is 6.00. The summed E-state index contributed by atoms with van der Waals surface area (Å²) in [6.45, 7) is 9.00. The summed E-state index contributed by atoms with van der Waals surface area (Å²) in [5.41, 5.74) is 3.54. The summed E-state index contributed by atoms with van der Waals surface area (Å²) in [5, 5.41) is 3.34. The molecule has 1 aliphatic rings. The van der Waals surface area contributed by atoms with Crippen LogP contribution in [0.2, 0.25) is 0 Å². The predicted octanol–water partition coefficient (Wildman–Crippen LogP) is 3.91. The Morgan fingerprint density at radius 1 is 1.09 bits per heavy atom. The lowest BCUT2D eigenvalue weighted by molar-refractivity contribution is 0.297. The topological polar surface area (TPSA) is 33.6 Å². The fraction of sp³-hybridized carbons (Fsp3) is 0.350. The standard InChI is InChI=1S/C20H24N2O/c1-20(2,3)17-13-16(19-21-11-12-22-19)9-10-18(17)23-14-15-7-5-4-6-8-15/h4-10,13H,11-12,14H2,1-3H3,(H,21,22). The molecule has 0 saturated carbocycles. The van der Waals surface area contributed by atoms with E-state index in [0.717, 1.165) is 30.2 Å². The number of hydrogen-bond donors (Lipinski definition) is 1. The lowest BCUT2D eigenvalue weighted by atomic mass is 9.85. The number of rotatable bonds is 4. The SMILES string of the molecule is CC(C)(C)c1cc(C2=NCCN2)ccc1OCc1ccccc1. The minimum atomic E-state index is 0.0151. The normalized spacial score (nSPS) is 14.3. The van der Waals surface area contributed by atoms with E-state index < -0.39 is 0 Å². The average Bonchev–Trinajstić information content (AvgIpc) is 3.07. The molecule has 0 amide bonds. The van der Waals surface area contributed by atoms with Crippen molar-refractivity contribution in [2.24, 2.45) is 4.99 Å². The molecule has 3 rings (SSSR count). The van der Waals surface area contributed by atoms with E-state index in [0.29, 0.717) is 6.61 Å². The molecule has 0 spiro atoms. The van der Waals surface area contributed by atoms with E-state index in [1.807, 2.05) is 18.2 Å². The van der Waals surface area contributed by atoms with Gasteiger partial charge in [0.1, 0.15) is 18.2 Å². The molecule has 3 nitrogen and oxygen atoms in total. The molecule has 0 aliphatic carbocycles. The first kappa shape index (κ1) is 15.6. The first-order chi connectivity index (χ1) is 11.0. The fourth-order valence-corrected chi connectivity index (χ4v) is 2.72. The van der Waals surface area contributed by atoms with Crippen LogP contribution in [0.3, 0.4) is 0 Å². The lowest BCUT2D eigenvalue weighted by Crippen LogP contribution is -2.21. The molecule has 3 heteroatoms. The largest absolute Gasteiger partial charge is 0.489 e. The highest BCUT2D eigenvalue weighted by Gasteiger charge is 2.21. The number of aliphatic imine (C=N–C) groups is 1. The molecule has 0 unspecified atom stereocenters. The van der Waals surface area contributed by atoms with Crippen LogP contribution in [0.5, 0.6) is 5.75 Å². The summed E-state index contributed by atoms with van der Waals surface area (Å²) in [6, 6.07) is 16.6. The molecule has 0 aromatic heterocycles. The Hall–Kier alpha value is -2.29. The number of amidine groups is 1. The molecular formula is C20H24N2O. The van der Waals surface area contributed by atoms with Gasteiger partial charge in [0.05, 0.1) is 6.54 Å². The highest BCUT2D eigenvalue weighted by Crippen LogP contribution is 2.33. The van der Waals surface area contributed by atoms with Gasteiger partial charge in [-0.2, -0.15) is 0 Å². The minimum Gasteiger partial charge on any atom is -0.489 e. The quantitative estimate of drug-likeness (QED) is 0.929. The minimum absolute atomic E-state index is 0.0151. The Morgan fingerprint density at radius 2 is 1.87 bits per heavy atom. The van der Waals surface area contributed by atoms with Crippen LogP contribution in [0.1, 0.15) is 37.5 Å². The van der Waals surface area contributed by atoms with E-state index in [4.69, 9.17) is 4.74 Å². The van der Waals surface area contributed by atoms with E-state index in [1.54, 1.807) is 0 Å². The van der Waals surface area contributed by atoms with Gasteiger partial charge in [0.2, 0.25) is 0 Å². The predicted molar refractivity (Wildman–Crippen MR) is 95.3 cm³/mol. The maximum atomic E-state index is 6.11. The summed E-state index contributed by atoms with van der Waals surface area (Å²) in [6.07, 6.45) is 0. The van der Waals surface area contributed by atoms with Gasteiger partial charge in [-0.05, 0) is 29.2 Å². The Labute approximate surface area is 138 Å². The van der Waals surface area contributed by atoms with Crippen molar-refractivity contribution in [2.75, 3.05) is 13.1 Å². The van der Waals surface area contributed by atoms with Crippen LogP contribution in [0.25, 0.3) is 0 Å². The van der Waals surface area contributed by atoms with Crippen molar-refractivity contribution >= 4 is 5.84 Å². The summed E-state index contributed by atoms with van der Waals surface area (Å²) in [7, 11) is 0. The van der Waals surface area contributed by atoms with Crippen LogP contribution in [-0.4, -0.2) is 18.9 Å². The van der Waals surface area contributed by atoms with Gasteiger partial charge in [-0.1, -0.05) is 51.1 Å². The van der Waals surface area contributed by atoms with Crippen molar-refractivity contribution in [2.45, 2.75) is 32.8 Å². The van der Waals surface area contributed by atoms with E-state index in [2.05, 4.69) is 61.4 Å². The van der Waals surface area contributed by atoms with Crippen molar-refractivity contribution in [1.82, 2.24) is 5.32 Å². The van der Waals surface area contributed by atoms with Crippen LogP contribution < -0.4 is 10.1 Å². The third-order valence-electron chi connectivity index (χ3n) is 3.97. The molecule has 0 radical (unpaired) electrons. The van der Waals surface area contributed by atoms with Crippen molar-refractivity contribution in [1.29, 1.82) is 0 Å². The van der Waals surface area contributed by atoms with E-state index >= 15 is 0 Å². The van der Waals surface area contributed by atoms with Crippen molar-refractivity contribution in [3.8, 4) is 5.75 Å². The smallest absolute Gasteiger partial charge is 0.128 e. The van der Waals surface area contributed by atoms with Crippen molar-refractivity contribution in [3.63, 3.8) is 0 Å². The molecule has 0 atom stereocenters. The molecule has 23 heavy (non-hydrogen) atoms. The van der Waals surface area contributed by atoms with Gasteiger partial charge in [-0.25, -0.2) is 0 Å². The summed E-state index contributed by atoms with van der Waals surface area (Å²) < 4.78 is 6.11. The van der Waals surface area contributed by atoms with Gasteiger partial charge in [0.15, 0.2) is 0 Å². The number of ether oxygens (including phenoxy) is 1. The Kier molecular flexibility index (Phi) is 4.37. The summed E-state index contributed by atoms with van der Waals surface area (Å²) in [5.74, 6) is 1.94. The van der Waals surface area contributed by atoms with Crippen LogP contribution in [0, 0.1) is 0 Å². The van der Waals surface area contributed by atoms with Crippen LogP contribution >= 0.6 is 0 Å². The third-order valence-corrected chi connectivity index (χ3v) is 3.97. The van der Waals surface area contributed by atoms with Gasteiger partial charge < -0.3 is 10.1 Å². The zero-order valence-electron chi connectivity index (χ0n) is 14.1. The zero-order valence-corrected chi connectivity index (χ0v) is 14.1. The van der Waals surface area contributed by atoms with E-state index in [1.165, 1.54) is 11.1 Å². The molecule has 0 fully saturated rings. The zero-order chi connectivity index (χ0) is 16.3. The molecule has 0 bridgehead atoms. The van der Waals surface area contributed by atoms with Gasteiger partial charge in [-0.15, -0.1) is 0 Å². The summed E-state index contributed by atoms with van der Waals surface area (Å²) >= 11 is 0. The second-order valence-corrected chi connectivity index (χ2v) is 6.89. The van der Waals surface area contributed by atoms with E-state index in [9.17, 15) is 0 Å². The molecule has 2 aromatic rings. The monoisotopic (exact) mass is 308 g/mol. The Bertz CT molecular complexity index is 699. The number of nitrogens with zero attached hydrogens (tertiary/aromatic N) is 1. The molecular weight excluding hydrogens is 284 g/mol. The first-order valence-electron chi connectivity index (χ1n) is 8.14. The first-order valence-corrected chi connectivity index (χ1v) is 8.14. The van der Waals surface area contributed by atoms with Gasteiger partial charge in [0.25, 0.3) is 0 Å². The second-order valence-electron chi connectivity index (χ2n) is 6.89. The van der Waals surface area contributed by atoms with E-state index in [-0.39, 0.29) is 5.41 Å². The Morgan fingerprint density at radius 3 is 2.52 bits per heavy atom. The third kappa shape index (κ3) is 3.73. The van der Waals surface area contributed by atoms with Crippen LogP contribution in [-0.2, 0) is 12.0 Å². The maximum Gasteiger partial charge on any atom is 0.128 e. The maximum absolute atomic E-state index is 6.11. The molecule has 0 saturated heterocycles. The van der Waals surface area contributed by atoms with Gasteiger partial charge >= 0.3 is 0 Å². The number of benzene rings is 2. The number of nitrogens with one attached hydrogen (secondary N) is 1. The Balaban J connectivity index is 1.86. The van der Waals surface area contributed by atoms with Crippen LogP contribution in [0.15, 0.2) is 53.5 Å². The lowest BCUT2D eigenvalue weighted by Gasteiger charge is -2.24. The average molecular weight is 308 g/mol. The van der Waals surface area contributed by atoms with Gasteiger partial charge in [-0.3, -0.25) is 4.99 Å². The molecule has 120 valence electrons. The number of hydrogen-bond acceptors (Lipinski definition) is 3. The van der Waals surface area contributed by atoms with Crippen LogP contribution in [0.4, 0.5) is 0 Å². The molecule has 1 aliphatic heterocycles. The molecule has 1 N–H and O–H groups in total. The molecule has 2 aromatic carbocycles. The van der Waals surface area contributed by atoms with Gasteiger partial charge in [0, 0.05) is 17.7 Å². The molecule has 1 heterocycles. The second kappa shape index (κ2) is 6.45. The highest BCUT2D eigenvalue weighted by atomic mass is 16.5. The van der Waals surface area contributed by atoms with Crippen molar-refractivity contribution in [3.05, 3.63) is 65.2 Å². The fourth-order valence-electron chi connectivity index (χ4n) is 2.72. The summed E-state index contributed by atoms with van der Waals surface area (Å²) in [4.78, 5) is 4.52.